The molecule has 8 heteroatoms. The zero-order valence-corrected chi connectivity index (χ0v) is 31.8. The maximum Gasteiger partial charge on any atom is 0.146 e. The highest BCUT2D eigenvalue weighted by atomic mass is 35.6. The average Bonchev–Trinajstić information content (AvgIpc) is 3.35. The molecule has 40 heavy (non-hydrogen) atoms. The summed E-state index contributed by atoms with van der Waals surface area (Å²) in [5.74, 6) is -0.159. The fourth-order valence-corrected chi connectivity index (χ4v) is 20.8. The van der Waals surface area contributed by atoms with Gasteiger partial charge in [0, 0.05) is 16.7 Å². The van der Waals surface area contributed by atoms with Crippen LogP contribution in [-0.2, 0) is 12.8 Å². The predicted octanol–water partition coefficient (Wildman–Crippen LogP) is 8.59. The van der Waals surface area contributed by atoms with Crippen molar-refractivity contribution in [2.75, 3.05) is 0 Å². The summed E-state index contributed by atoms with van der Waals surface area (Å²) in [7, 11) is -5.03. The number of hydrogen-bond acceptors (Lipinski definition) is 1. The standard InChI is InChI=1S/C18H30FNSi2.C14H20ClFSi2/c1-13-11-14-15(12-13)17(10-9-16(14)19)21(5,6)22(7,8)20-18(2,3)4;1-10-8-11-12(9-10)14(7-6-13(11)16)17(2,3)18(4,5)15/h9-11,20H,12H2,1-8H3;6-8H,9H2,1-5H3. The van der Waals surface area contributed by atoms with Crippen LogP contribution in [0.1, 0.15) is 56.9 Å². The second-order valence-electron chi connectivity index (χ2n) is 15.0. The molecule has 2 aliphatic rings. The lowest BCUT2D eigenvalue weighted by Gasteiger charge is -2.44. The van der Waals surface area contributed by atoms with E-state index in [1.165, 1.54) is 32.6 Å². The van der Waals surface area contributed by atoms with E-state index in [4.69, 9.17) is 11.1 Å². The van der Waals surface area contributed by atoms with E-state index in [1.807, 2.05) is 18.2 Å². The van der Waals surface area contributed by atoms with Crippen molar-refractivity contribution in [2.24, 2.45) is 0 Å². The molecule has 2 aliphatic carbocycles. The molecule has 220 valence electrons. The van der Waals surface area contributed by atoms with Crippen LogP contribution in [0.4, 0.5) is 8.78 Å². The Balaban J connectivity index is 0.000000225. The zero-order chi connectivity index (χ0) is 30.6. The molecule has 1 N–H and O–H groups in total. The first-order valence-electron chi connectivity index (χ1n) is 14.5. The van der Waals surface area contributed by atoms with Gasteiger partial charge < -0.3 is 4.98 Å². The lowest BCUT2D eigenvalue weighted by Crippen LogP contribution is -2.74. The summed E-state index contributed by atoms with van der Waals surface area (Å²) in [6, 6.07) is 7.37. The van der Waals surface area contributed by atoms with Gasteiger partial charge >= 0.3 is 0 Å². The number of halogens is 3. The molecule has 0 unspecified atom stereocenters. The van der Waals surface area contributed by atoms with Crippen molar-refractivity contribution < 1.29 is 8.78 Å². The Kier molecular flexibility index (Phi) is 9.35. The van der Waals surface area contributed by atoms with Crippen molar-refractivity contribution in [3.63, 3.8) is 0 Å². The van der Waals surface area contributed by atoms with Crippen molar-refractivity contribution in [1.82, 2.24) is 4.98 Å². The van der Waals surface area contributed by atoms with E-state index in [-0.39, 0.29) is 17.2 Å². The SMILES string of the molecule is CC1=Cc2c(F)ccc([Si](C)(C)[Si](C)(C)Cl)c2C1.CC1=Cc2c(F)ccc([Si](C)(C)[Si](C)(C)NC(C)(C)C)c2C1. The molecule has 0 saturated carbocycles. The van der Waals surface area contributed by atoms with Crippen molar-refractivity contribution in [2.45, 2.75) is 105 Å². The van der Waals surface area contributed by atoms with E-state index in [1.54, 1.807) is 12.1 Å². The minimum atomic E-state index is -1.74. The van der Waals surface area contributed by atoms with Gasteiger partial charge in [-0.05, 0) is 70.7 Å². The van der Waals surface area contributed by atoms with Crippen molar-refractivity contribution in [3.8, 4) is 0 Å². The Labute approximate surface area is 250 Å². The van der Waals surface area contributed by atoms with Gasteiger partial charge in [-0.1, -0.05) is 98.2 Å². The molecular formula is C32H50ClF2NSi4. The van der Waals surface area contributed by atoms with Gasteiger partial charge in [0.05, 0.1) is 15.2 Å². The van der Waals surface area contributed by atoms with Crippen LogP contribution in [0.15, 0.2) is 35.4 Å². The van der Waals surface area contributed by atoms with Crippen LogP contribution in [-0.4, -0.2) is 35.4 Å². The lowest BCUT2D eigenvalue weighted by molar-refractivity contribution is 0.516. The Bertz CT molecular complexity index is 1360. The first-order chi connectivity index (χ1) is 18.0. The maximum absolute atomic E-state index is 14.2. The monoisotopic (exact) mass is 633 g/mol. The molecule has 0 saturated heterocycles. The second-order valence-corrected chi connectivity index (χ2v) is 47.8. The van der Waals surface area contributed by atoms with Crippen molar-refractivity contribution in [1.29, 1.82) is 0 Å². The van der Waals surface area contributed by atoms with E-state index in [0.29, 0.717) is 0 Å². The molecule has 0 amide bonds. The highest BCUT2D eigenvalue weighted by Gasteiger charge is 2.46. The molecule has 0 spiro atoms. The van der Waals surface area contributed by atoms with Gasteiger partial charge in [0.15, 0.2) is 0 Å². The maximum atomic E-state index is 14.2. The highest BCUT2D eigenvalue weighted by Crippen LogP contribution is 2.32. The van der Waals surface area contributed by atoms with Crippen LogP contribution in [0.25, 0.3) is 12.2 Å². The van der Waals surface area contributed by atoms with E-state index in [0.717, 1.165) is 24.0 Å². The molecule has 0 aromatic heterocycles. The van der Waals surface area contributed by atoms with Crippen LogP contribution in [0.3, 0.4) is 0 Å². The Morgan fingerprint density at radius 2 is 1.05 bits per heavy atom. The molecule has 0 heterocycles. The van der Waals surface area contributed by atoms with Gasteiger partial charge in [-0.2, -0.15) is 11.1 Å². The predicted molar refractivity (Wildman–Crippen MR) is 185 cm³/mol. The van der Waals surface area contributed by atoms with E-state index >= 15 is 0 Å². The smallest absolute Gasteiger partial charge is 0.146 e. The summed E-state index contributed by atoms with van der Waals surface area (Å²) in [6.45, 7) is 28.0. The van der Waals surface area contributed by atoms with E-state index in [9.17, 15) is 8.78 Å². The van der Waals surface area contributed by atoms with E-state index in [2.05, 4.69) is 98.0 Å². The fourth-order valence-electron chi connectivity index (χ4n) is 6.04. The van der Waals surface area contributed by atoms with E-state index < -0.39 is 29.8 Å². The third-order valence-corrected chi connectivity index (χ3v) is 45.0. The molecule has 1 nitrogen and oxygen atoms in total. The zero-order valence-electron chi connectivity index (χ0n) is 27.0. The molecule has 0 aliphatic heterocycles. The number of rotatable bonds is 5. The number of benzene rings is 2. The molecule has 0 bridgehead atoms. The van der Waals surface area contributed by atoms with Gasteiger partial charge in [-0.15, -0.1) is 0 Å². The van der Waals surface area contributed by atoms with Gasteiger partial charge in [0.1, 0.15) is 26.3 Å². The molecule has 0 atom stereocenters. The van der Waals surface area contributed by atoms with Crippen LogP contribution >= 0.6 is 11.1 Å². The molecule has 2 aromatic carbocycles. The summed E-state index contributed by atoms with van der Waals surface area (Å²) in [5.41, 5.74) is 6.74. The van der Waals surface area contributed by atoms with Gasteiger partial charge in [0.25, 0.3) is 0 Å². The van der Waals surface area contributed by atoms with Crippen LogP contribution < -0.4 is 15.4 Å². The van der Waals surface area contributed by atoms with Crippen LogP contribution in [0, 0.1) is 11.6 Å². The van der Waals surface area contributed by atoms with Crippen molar-refractivity contribution in [3.05, 3.63) is 69.3 Å². The fraction of sp³-hybridized carbons (Fsp3) is 0.500. The van der Waals surface area contributed by atoms with Gasteiger partial charge in [-0.25, -0.2) is 8.78 Å². The molecular weight excluding hydrogens is 584 g/mol. The summed E-state index contributed by atoms with van der Waals surface area (Å²) >= 11 is 6.73. The molecule has 0 fully saturated rings. The normalized spacial score (nSPS) is 15.7. The third kappa shape index (κ3) is 6.60. The van der Waals surface area contributed by atoms with Gasteiger partial charge in [-0.3, -0.25) is 0 Å². The van der Waals surface area contributed by atoms with Gasteiger partial charge in [0.2, 0.25) is 0 Å². The summed E-state index contributed by atoms with van der Waals surface area (Å²) < 4.78 is 28.0. The van der Waals surface area contributed by atoms with Crippen LogP contribution in [0.2, 0.25) is 52.4 Å². The Morgan fingerprint density at radius 1 is 0.675 bits per heavy atom. The largest absolute Gasteiger partial charge is 0.334 e. The van der Waals surface area contributed by atoms with Crippen LogP contribution in [0.5, 0.6) is 0 Å². The van der Waals surface area contributed by atoms with Crippen molar-refractivity contribution >= 4 is 63.4 Å². The minimum absolute atomic E-state index is 0.0661. The summed E-state index contributed by atoms with van der Waals surface area (Å²) in [5, 5.41) is 2.81. The summed E-state index contributed by atoms with van der Waals surface area (Å²) in [4.78, 5) is 3.94. The second kappa shape index (κ2) is 11.2. The lowest BCUT2D eigenvalue weighted by atomic mass is 10.1. The average molecular weight is 635 g/mol. The quantitative estimate of drug-likeness (QED) is 0.257. The molecule has 0 radical (unpaired) electrons. The first-order valence-corrected chi connectivity index (χ1v) is 29.5. The highest BCUT2D eigenvalue weighted by molar-refractivity contribution is 7.61. The minimum Gasteiger partial charge on any atom is -0.334 e. The Morgan fingerprint density at radius 3 is 1.40 bits per heavy atom. The number of allylic oxidation sites excluding steroid dienone is 2. The number of fused-ring (bicyclic) bond motifs is 2. The topological polar surface area (TPSA) is 12.0 Å². The summed E-state index contributed by atoms with van der Waals surface area (Å²) in [6.07, 6.45) is 5.82. The Hall–Kier alpha value is -1.10. The third-order valence-electron chi connectivity index (χ3n) is 9.38. The number of hydrogen-bond donors (Lipinski definition) is 1. The number of nitrogens with one attached hydrogen (secondary N) is 1. The first kappa shape index (κ1) is 33.4. The molecule has 2 aromatic rings. The molecule has 4 rings (SSSR count).